The van der Waals surface area contributed by atoms with Gasteiger partial charge in [-0.3, -0.25) is 0 Å². The quantitative estimate of drug-likeness (QED) is 0.908. The van der Waals surface area contributed by atoms with E-state index in [1.54, 1.807) is 16.4 Å². The Balaban J connectivity index is 2.24. The van der Waals surface area contributed by atoms with Crippen LogP contribution in [0.1, 0.15) is 33.1 Å². The van der Waals surface area contributed by atoms with E-state index in [0.717, 1.165) is 25.8 Å². The fourth-order valence-electron chi connectivity index (χ4n) is 2.71. The fraction of sp³-hybridized carbons (Fsp3) is 0.692. The number of sulfonamides is 1. The van der Waals surface area contributed by atoms with Crippen LogP contribution in [0.2, 0.25) is 0 Å². The second-order valence-corrected chi connectivity index (χ2v) is 8.02. The number of nitrogens with zero attached hydrogens (tertiary/aromatic N) is 1. The van der Waals surface area contributed by atoms with E-state index < -0.39 is 10.0 Å². The van der Waals surface area contributed by atoms with Crippen LogP contribution in [0.3, 0.4) is 0 Å². The number of piperidine rings is 1. The van der Waals surface area contributed by atoms with Crippen molar-refractivity contribution in [3.05, 3.63) is 17.5 Å². The first-order valence-electron chi connectivity index (χ1n) is 6.86. The van der Waals surface area contributed by atoms with Gasteiger partial charge in [0, 0.05) is 18.6 Å². The zero-order chi connectivity index (χ0) is 13.9. The second kappa shape index (κ2) is 6.35. The van der Waals surface area contributed by atoms with Crippen molar-refractivity contribution in [3.8, 4) is 0 Å². The molecule has 0 aliphatic carbocycles. The molecule has 1 saturated heterocycles. The first-order chi connectivity index (χ1) is 9.07. The SMILES string of the molecule is CCNC(C)C1CCCCN1S(=O)(=O)c1cccs1. The average Bonchev–Trinajstić information content (AvgIpc) is 2.93. The monoisotopic (exact) mass is 302 g/mol. The van der Waals surface area contributed by atoms with Gasteiger partial charge in [0.1, 0.15) is 4.21 Å². The summed E-state index contributed by atoms with van der Waals surface area (Å²) in [6.45, 7) is 5.64. The van der Waals surface area contributed by atoms with Crippen LogP contribution in [-0.2, 0) is 10.0 Å². The molecule has 2 unspecified atom stereocenters. The molecule has 0 spiro atoms. The lowest BCUT2D eigenvalue weighted by atomic mass is 9.99. The summed E-state index contributed by atoms with van der Waals surface area (Å²) in [5.41, 5.74) is 0. The molecule has 0 amide bonds. The zero-order valence-electron chi connectivity index (χ0n) is 11.5. The molecule has 2 atom stereocenters. The Morgan fingerprint density at radius 3 is 2.95 bits per heavy atom. The average molecular weight is 302 g/mol. The van der Waals surface area contributed by atoms with Crippen molar-refractivity contribution in [3.63, 3.8) is 0 Å². The van der Waals surface area contributed by atoms with E-state index >= 15 is 0 Å². The number of likely N-dealkylation sites (N-methyl/N-ethyl adjacent to an activating group) is 1. The van der Waals surface area contributed by atoms with Crippen LogP contribution in [-0.4, -0.2) is 37.9 Å². The van der Waals surface area contributed by atoms with E-state index in [9.17, 15) is 8.42 Å². The minimum absolute atomic E-state index is 0.0702. The summed E-state index contributed by atoms with van der Waals surface area (Å²) in [4.78, 5) is 0. The summed E-state index contributed by atoms with van der Waals surface area (Å²) in [6.07, 6.45) is 3.01. The van der Waals surface area contributed by atoms with Gasteiger partial charge in [-0.2, -0.15) is 4.31 Å². The molecule has 1 aliphatic heterocycles. The van der Waals surface area contributed by atoms with Gasteiger partial charge in [0.25, 0.3) is 10.0 Å². The van der Waals surface area contributed by atoms with E-state index in [2.05, 4.69) is 19.2 Å². The summed E-state index contributed by atoms with van der Waals surface area (Å²) in [5, 5.41) is 5.18. The Kier molecular flexibility index (Phi) is 5.00. The van der Waals surface area contributed by atoms with Gasteiger partial charge in [-0.1, -0.05) is 19.4 Å². The summed E-state index contributed by atoms with van der Waals surface area (Å²) >= 11 is 1.30. The Morgan fingerprint density at radius 1 is 1.53 bits per heavy atom. The molecular formula is C13H22N2O2S2. The molecule has 6 heteroatoms. The molecule has 1 aliphatic rings. The molecule has 108 valence electrons. The minimum atomic E-state index is -3.32. The van der Waals surface area contributed by atoms with Crippen molar-refractivity contribution in [2.24, 2.45) is 0 Å². The topological polar surface area (TPSA) is 49.4 Å². The summed E-state index contributed by atoms with van der Waals surface area (Å²) in [6, 6.07) is 3.76. The third-order valence-electron chi connectivity index (χ3n) is 3.66. The van der Waals surface area contributed by atoms with Crippen molar-refractivity contribution in [2.45, 2.75) is 49.4 Å². The predicted octanol–water partition coefficient (Wildman–Crippen LogP) is 2.29. The van der Waals surface area contributed by atoms with Crippen molar-refractivity contribution >= 4 is 21.4 Å². The molecular weight excluding hydrogens is 280 g/mol. The maximum Gasteiger partial charge on any atom is 0.252 e. The molecule has 19 heavy (non-hydrogen) atoms. The van der Waals surface area contributed by atoms with Crippen molar-refractivity contribution < 1.29 is 8.42 Å². The van der Waals surface area contributed by atoms with Gasteiger partial charge in [-0.05, 0) is 37.8 Å². The highest BCUT2D eigenvalue weighted by molar-refractivity contribution is 7.91. The highest BCUT2D eigenvalue weighted by Crippen LogP contribution is 2.29. The molecule has 1 N–H and O–H groups in total. The van der Waals surface area contributed by atoms with E-state index in [1.165, 1.54) is 11.3 Å². The first kappa shape index (κ1) is 15.0. The van der Waals surface area contributed by atoms with Crippen LogP contribution in [0.4, 0.5) is 0 Å². The van der Waals surface area contributed by atoms with Gasteiger partial charge in [0.2, 0.25) is 0 Å². The summed E-state index contributed by atoms with van der Waals surface area (Å²) in [7, 11) is -3.32. The molecule has 1 aromatic rings. The molecule has 2 rings (SSSR count). The second-order valence-electron chi connectivity index (χ2n) is 4.96. The smallest absolute Gasteiger partial charge is 0.252 e. The van der Waals surface area contributed by atoms with Gasteiger partial charge < -0.3 is 5.32 Å². The Hall–Kier alpha value is -0.430. The van der Waals surface area contributed by atoms with E-state index in [1.807, 2.05) is 5.38 Å². The third kappa shape index (κ3) is 3.18. The maximum atomic E-state index is 12.7. The van der Waals surface area contributed by atoms with Crippen LogP contribution in [0, 0.1) is 0 Å². The molecule has 1 aromatic heterocycles. The molecule has 0 radical (unpaired) electrons. The van der Waals surface area contributed by atoms with Crippen molar-refractivity contribution in [1.82, 2.24) is 9.62 Å². The highest BCUT2D eigenvalue weighted by atomic mass is 32.2. The molecule has 0 aromatic carbocycles. The predicted molar refractivity (Wildman–Crippen MR) is 79.0 cm³/mol. The van der Waals surface area contributed by atoms with Crippen LogP contribution >= 0.6 is 11.3 Å². The van der Waals surface area contributed by atoms with Gasteiger partial charge >= 0.3 is 0 Å². The fourth-order valence-corrected chi connectivity index (χ4v) is 5.60. The van der Waals surface area contributed by atoms with Gasteiger partial charge in [0.05, 0.1) is 0 Å². The number of thiophene rings is 1. The van der Waals surface area contributed by atoms with E-state index in [-0.39, 0.29) is 12.1 Å². The van der Waals surface area contributed by atoms with Crippen LogP contribution in [0.15, 0.2) is 21.7 Å². The lowest BCUT2D eigenvalue weighted by Crippen LogP contribution is -2.52. The van der Waals surface area contributed by atoms with Gasteiger partial charge in [-0.25, -0.2) is 8.42 Å². The summed E-state index contributed by atoms with van der Waals surface area (Å²) < 4.78 is 27.5. The number of hydrogen-bond donors (Lipinski definition) is 1. The standard InChI is InChI=1S/C13H22N2O2S2/c1-3-14-11(2)12-7-4-5-9-15(12)19(16,17)13-8-6-10-18-13/h6,8,10-12,14H,3-5,7,9H2,1-2H3. The number of hydrogen-bond acceptors (Lipinski definition) is 4. The van der Waals surface area contributed by atoms with E-state index in [0.29, 0.717) is 10.8 Å². The third-order valence-corrected chi connectivity index (χ3v) is 6.96. The molecule has 1 fully saturated rings. The number of rotatable bonds is 5. The lowest BCUT2D eigenvalue weighted by molar-refractivity contribution is 0.210. The largest absolute Gasteiger partial charge is 0.313 e. The molecule has 2 heterocycles. The molecule has 0 saturated carbocycles. The Bertz CT molecular complexity index is 485. The number of nitrogens with one attached hydrogen (secondary N) is 1. The van der Waals surface area contributed by atoms with Crippen LogP contribution < -0.4 is 5.32 Å². The Morgan fingerprint density at radius 2 is 2.32 bits per heavy atom. The lowest BCUT2D eigenvalue weighted by Gasteiger charge is -2.38. The molecule has 4 nitrogen and oxygen atoms in total. The van der Waals surface area contributed by atoms with Crippen molar-refractivity contribution in [1.29, 1.82) is 0 Å². The minimum Gasteiger partial charge on any atom is -0.313 e. The summed E-state index contributed by atoms with van der Waals surface area (Å²) in [5.74, 6) is 0. The van der Waals surface area contributed by atoms with Gasteiger partial charge in [0.15, 0.2) is 0 Å². The van der Waals surface area contributed by atoms with Crippen LogP contribution in [0.25, 0.3) is 0 Å². The normalized spacial score (nSPS) is 23.4. The Labute approximate surface area is 119 Å². The van der Waals surface area contributed by atoms with Crippen molar-refractivity contribution in [2.75, 3.05) is 13.1 Å². The highest BCUT2D eigenvalue weighted by Gasteiger charge is 2.36. The van der Waals surface area contributed by atoms with Gasteiger partial charge in [-0.15, -0.1) is 11.3 Å². The van der Waals surface area contributed by atoms with E-state index in [4.69, 9.17) is 0 Å². The van der Waals surface area contributed by atoms with Crippen LogP contribution in [0.5, 0.6) is 0 Å². The first-order valence-corrected chi connectivity index (χ1v) is 9.18. The molecule has 0 bridgehead atoms. The maximum absolute atomic E-state index is 12.7. The zero-order valence-corrected chi connectivity index (χ0v) is 13.1.